The molecule has 0 aliphatic heterocycles. The van der Waals surface area contributed by atoms with Gasteiger partial charge in [0, 0.05) is 31.2 Å². The molecule has 0 bridgehead atoms. The van der Waals surface area contributed by atoms with Crippen LogP contribution in [0.2, 0.25) is 17.3 Å². The first-order valence-corrected chi connectivity index (χ1v) is 28.4. The summed E-state index contributed by atoms with van der Waals surface area (Å²) in [5.41, 5.74) is 13.8. The van der Waals surface area contributed by atoms with Crippen LogP contribution in [-0.4, -0.2) is 38.0 Å². The van der Waals surface area contributed by atoms with Crippen molar-refractivity contribution < 1.29 is 24.5 Å². The molecule has 0 amide bonds. The first kappa shape index (κ1) is 43.9. The van der Waals surface area contributed by atoms with Gasteiger partial charge >= 0.3 is 126 Å². The predicted octanol–water partition coefficient (Wildman–Crippen LogP) is 13.4. The number of aromatic nitrogens is 5. The van der Waals surface area contributed by atoms with Crippen molar-refractivity contribution in [2.75, 3.05) is 0 Å². The van der Waals surface area contributed by atoms with E-state index in [2.05, 4.69) is 159 Å². The number of hydrogen-bond acceptors (Lipinski definition) is 5. The molecule has 9 aromatic rings. The fourth-order valence-corrected chi connectivity index (χ4v) is 11.5. The summed E-state index contributed by atoms with van der Waals surface area (Å²) in [4.78, 5) is 9.83. The van der Waals surface area contributed by atoms with Gasteiger partial charge in [0.15, 0.2) is 0 Å². The average molecular weight is 1040 g/mol. The average Bonchev–Trinajstić information content (AvgIpc) is 3.82. The molecule has 4 aromatic heterocycles. The summed E-state index contributed by atoms with van der Waals surface area (Å²) >= 11 is -1.86. The minimum Gasteiger partial charge on any atom is -0.501 e. The van der Waals surface area contributed by atoms with Crippen molar-refractivity contribution in [1.29, 1.82) is 0 Å². The maximum Gasteiger partial charge on any atom is 0.120 e. The van der Waals surface area contributed by atoms with E-state index in [-0.39, 0.29) is 31.9 Å². The number of hydrogen-bond donors (Lipinski definition) is 0. The number of rotatable bonds is 9. The Morgan fingerprint density at radius 3 is 2.05 bits per heavy atom. The number of nitrogens with zero attached hydrogens (tertiary/aromatic N) is 5. The fraction of sp³-hybridized carbons (Fsp3) is 0.245. The van der Waals surface area contributed by atoms with Crippen LogP contribution in [0.3, 0.4) is 0 Å². The minimum absolute atomic E-state index is 0. The topological polar surface area (TPSA) is 69.6 Å². The number of para-hydroxylation sites is 1. The molecule has 0 saturated heterocycles. The zero-order valence-electron chi connectivity index (χ0n) is 36.5. The maximum atomic E-state index is 6.44. The van der Waals surface area contributed by atoms with Crippen molar-refractivity contribution in [2.24, 2.45) is 5.92 Å². The Morgan fingerprint density at radius 1 is 0.689 bits per heavy atom. The summed E-state index contributed by atoms with van der Waals surface area (Å²) in [5, 5.41) is 10.6. The molecule has 8 heteroatoms. The molecule has 0 aliphatic rings. The van der Waals surface area contributed by atoms with Gasteiger partial charge in [-0.3, -0.25) is 4.98 Å². The molecule has 0 aliphatic carbocycles. The minimum atomic E-state index is -1.86. The van der Waals surface area contributed by atoms with E-state index in [1.54, 1.807) is 10.6 Å². The third kappa shape index (κ3) is 9.06. The molecule has 6 nitrogen and oxygen atoms in total. The summed E-state index contributed by atoms with van der Waals surface area (Å²) in [6.07, 6.45) is 6.81. The molecule has 4 heterocycles. The summed E-state index contributed by atoms with van der Waals surface area (Å²) in [5.74, 6) is 9.29. The van der Waals surface area contributed by atoms with Gasteiger partial charge in [-0.1, -0.05) is 87.2 Å². The largest absolute Gasteiger partial charge is 0.501 e. The van der Waals surface area contributed by atoms with Crippen molar-refractivity contribution in [1.82, 2.24) is 24.7 Å². The van der Waals surface area contributed by atoms with Gasteiger partial charge < -0.3 is 8.98 Å². The summed E-state index contributed by atoms with van der Waals surface area (Å²) in [6.45, 7) is 13.6. The summed E-state index contributed by atoms with van der Waals surface area (Å²) in [7, 11) is 0. The Labute approximate surface area is 376 Å². The molecule has 0 spiro atoms. The Morgan fingerprint density at radius 2 is 1.38 bits per heavy atom. The smallest absolute Gasteiger partial charge is 0.120 e. The maximum absolute atomic E-state index is 6.44. The molecule has 1 radical (unpaired) electrons. The van der Waals surface area contributed by atoms with E-state index in [9.17, 15) is 0 Å². The van der Waals surface area contributed by atoms with Crippen LogP contribution in [-0.2, 0) is 26.5 Å². The van der Waals surface area contributed by atoms with E-state index < -0.39 is 13.3 Å². The molecule has 5 aromatic carbocycles. The molecular weight excluding hydrogens is 987 g/mol. The molecule has 61 heavy (non-hydrogen) atoms. The SMILES string of the molecule is CC(C)Cc1cc(-c2[c-]cccc2)nc[c]1[Ge]([CH3])([CH3])[CH3].CC(C)c1cc(-c2ccccc2)cc(C(C)C)c1-n1c(-c2[c-]ccc3c2oc2ccccc23)nc2cnncc21.[Ir]. The third-order valence-corrected chi connectivity index (χ3v) is 15.4. The van der Waals surface area contributed by atoms with Gasteiger partial charge in [0.05, 0.1) is 34.8 Å². The molecule has 0 N–H and O–H groups in total. The number of pyridine rings is 1. The van der Waals surface area contributed by atoms with Crippen molar-refractivity contribution in [3.8, 4) is 39.5 Å². The van der Waals surface area contributed by atoms with Gasteiger partial charge in [-0.25, -0.2) is 0 Å². The van der Waals surface area contributed by atoms with Gasteiger partial charge in [-0.05, 0) is 52.3 Å². The van der Waals surface area contributed by atoms with Gasteiger partial charge in [-0.15, -0.1) is 18.2 Å². The standard InChI is InChI=1S/C35H29N4O.C18H24GeN.Ir/c1-21(2)28-17-24(23-11-6-5-7-12-23)18-29(22(3)4)33(28)39-31-20-37-36-19-30(31)38-35(39)27-15-10-14-26-25-13-8-9-16-32(25)40-34(26)27;1-14(2)11-16-12-18(15-9-7-6-8-10-15)20-13-17(16)19(3,4)5;/h5-14,16-22H,1-4H3;6-9,12-14H,11H2,1-5H3;/q2*-1;. The molecule has 9 rings (SSSR count). The van der Waals surface area contributed by atoms with Crippen LogP contribution in [0.4, 0.5) is 0 Å². The summed E-state index contributed by atoms with van der Waals surface area (Å²) < 4.78 is 10.2. The number of imidazole rings is 1. The van der Waals surface area contributed by atoms with Crippen molar-refractivity contribution in [3.63, 3.8) is 0 Å². The van der Waals surface area contributed by atoms with E-state index in [1.807, 2.05) is 48.7 Å². The van der Waals surface area contributed by atoms with E-state index in [0.29, 0.717) is 5.92 Å². The molecular formula is C53H53GeIrN5O-2. The van der Waals surface area contributed by atoms with E-state index >= 15 is 0 Å². The van der Waals surface area contributed by atoms with E-state index in [0.717, 1.165) is 67.7 Å². The predicted molar refractivity (Wildman–Crippen MR) is 252 cm³/mol. The van der Waals surface area contributed by atoms with Crippen molar-refractivity contribution >= 4 is 50.6 Å². The number of fused-ring (bicyclic) bond motifs is 4. The molecule has 0 unspecified atom stereocenters. The van der Waals surface area contributed by atoms with Crippen molar-refractivity contribution in [2.45, 2.75) is 77.1 Å². The van der Waals surface area contributed by atoms with Crippen LogP contribution in [0.25, 0.3) is 72.4 Å². The normalized spacial score (nSPS) is 11.7. The first-order chi connectivity index (χ1) is 28.9. The second kappa shape index (κ2) is 18.4. The van der Waals surface area contributed by atoms with Crippen LogP contribution < -0.4 is 4.40 Å². The quantitative estimate of drug-likeness (QED) is 0.106. The van der Waals surface area contributed by atoms with Crippen LogP contribution in [0, 0.1) is 18.1 Å². The van der Waals surface area contributed by atoms with E-state index in [4.69, 9.17) is 14.4 Å². The molecule has 311 valence electrons. The van der Waals surface area contributed by atoms with Crippen LogP contribution in [0.1, 0.15) is 70.1 Å². The second-order valence-corrected chi connectivity index (χ2v) is 28.3. The van der Waals surface area contributed by atoms with Gasteiger partial charge in [-0.2, -0.15) is 10.2 Å². The molecule has 0 atom stereocenters. The van der Waals surface area contributed by atoms with Gasteiger partial charge in [0.25, 0.3) is 0 Å². The molecule has 0 saturated carbocycles. The van der Waals surface area contributed by atoms with Crippen LogP contribution in [0.5, 0.6) is 0 Å². The monoisotopic (exact) mass is 1040 g/mol. The van der Waals surface area contributed by atoms with Gasteiger partial charge in [0.2, 0.25) is 0 Å². The zero-order valence-corrected chi connectivity index (χ0v) is 41.0. The number of benzene rings is 5. The Balaban J connectivity index is 0.000000226. The van der Waals surface area contributed by atoms with Gasteiger partial charge in [0.1, 0.15) is 5.58 Å². The Bertz CT molecular complexity index is 2900. The van der Waals surface area contributed by atoms with Crippen LogP contribution >= 0.6 is 0 Å². The summed E-state index contributed by atoms with van der Waals surface area (Å²) in [6, 6.07) is 44.5. The zero-order chi connectivity index (χ0) is 42.1. The second-order valence-electron chi connectivity index (χ2n) is 17.8. The Hall–Kier alpha value is -5.21. The van der Waals surface area contributed by atoms with Crippen molar-refractivity contribution in [3.05, 3.63) is 157 Å². The first-order valence-electron chi connectivity index (χ1n) is 21.1. The third-order valence-electron chi connectivity index (χ3n) is 11.1. The number of furan rings is 1. The molecule has 0 fully saturated rings. The Kier molecular flexibility index (Phi) is 13.2. The van der Waals surface area contributed by atoms with E-state index in [1.165, 1.54) is 27.8 Å². The van der Waals surface area contributed by atoms with Crippen LogP contribution in [0.15, 0.2) is 132 Å². The fourth-order valence-electron chi connectivity index (χ4n) is 8.19.